The molecule has 0 fully saturated rings. The van der Waals surface area contributed by atoms with Crippen LogP contribution in [0.3, 0.4) is 0 Å². The molecule has 8 heteroatoms. The maximum Gasteiger partial charge on any atom is 0.227 e. The number of anilines is 1. The predicted octanol–water partition coefficient (Wildman–Crippen LogP) is 5.41. The Hall–Kier alpha value is -2.15. The number of aromatic nitrogens is 1. The maximum absolute atomic E-state index is 11.6. The minimum absolute atomic E-state index is 0.116. The lowest BCUT2D eigenvalue weighted by atomic mass is 10.2. The SMILES string of the molecule is CCCC(=O)NC(=S)Nc1ccc2oc(-c3ccc(Cl)c(Cl)c3)nc2c1. The van der Waals surface area contributed by atoms with Crippen molar-refractivity contribution >= 4 is 63.2 Å². The Bertz CT molecular complexity index is 988. The number of fused-ring (bicyclic) bond motifs is 1. The molecule has 0 saturated carbocycles. The van der Waals surface area contributed by atoms with Gasteiger partial charge in [0.25, 0.3) is 0 Å². The Morgan fingerprint density at radius 2 is 2.00 bits per heavy atom. The second kappa shape index (κ2) is 8.03. The number of thiocarbonyl (C=S) groups is 1. The molecule has 3 rings (SSSR count). The first-order chi connectivity index (χ1) is 12.5. The Balaban J connectivity index is 1.80. The summed E-state index contributed by atoms with van der Waals surface area (Å²) in [5, 5.41) is 6.75. The van der Waals surface area contributed by atoms with Crippen LogP contribution in [-0.2, 0) is 4.79 Å². The molecule has 3 aromatic rings. The molecule has 0 saturated heterocycles. The summed E-state index contributed by atoms with van der Waals surface area (Å²) >= 11 is 17.1. The molecule has 0 atom stereocenters. The first-order valence-corrected chi connectivity index (χ1v) is 9.09. The smallest absolute Gasteiger partial charge is 0.227 e. The summed E-state index contributed by atoms with van der Waals surface area (Å²) in [7, 11) is 0. The van der Waals surface area contributed by atoms with Crippen LogP contribution in [-0.4, -0.2) is 16.0 Å². The molecule has 2 aromatic carbocycles. The number of carbonyl (C=O) groups is 1. The van der Waals surface area contributed by atoms with E-state index in [1.807, 2.05) is 6.92 Å². The summed E-state index contributed by atoms with van der Waals surface area (Å²) < 4.78 is 5.76. The van der Waals surface area contributed by atoms with Crippen LogP contribution in [0.15, 0.2) is 40.8 Å². The number of oxazole rings is 1. The standard InChI is InChI=1S/C18H15Cl2N3O2S/c1-2-3-16(24)23-18(26)21-11-5-7-15-14(9-11)22-17(25-15)10-4-6-12(19)13(20)8-10/h4-9H,2-3H2,1H3,(H2,21,23,24,26). The third-order valence-corrected chi connectivity index (χ3v) is 4.49. The van der Waals surface area contributed by atoms with Crippen molar-refractivity contribution in [3.8, 4) is 11.5 Å². The molecule has 0 spiro atoms. The summed E-state index contributed by atoms with van der Waals surface area (Å²) in [4.78, 5) is 16.1. The third-order valence-electron chi connectivity index (χ3n) is 3.54. The molecule has 0 aliphatic heterocycles. The van der Waals surface area contributed by atoms with E-state index < -0.39 is 0 Å². The van der Waals surface area contributed by atoms with Gasteiger partial charge in [0.15, 0.2) is 10.7 Å². The Kier molecular flexibility index (Phi) is 5.76. The lowest BCUT2D eigenvalue weighted by molar-refractivity contribution is -0.119. The van der Waals surface area contributed by atoms with Crippen LogP contribution in [0.1, 0.15) is 19.8 Å². The largest absolute Gasteiger partial charge is 0.436 e. The van der Waals surface area contributed by atoms with E-state index in [1.54, 1.807) is 36.4 Å². The fraction of sp³-hybridized carbons (Fsp3) is 0.167. The Morgan fingerprint density at radius 1 is 1.19 bits per heavy atom. The molecule has 0 radical (unpaired) electrons. The van der Waals surface area contributed by atoms with Gasteiger partial charge in [-0.05, 0) is 55.0 Å². The third kappa shape index (κ3) is 4.33. The average Bonchev–Trinajstić information content (AvgIpc) is 3.00. The number of rotatable bonds is 4. The van der Waals surface area contributed by atoms with Crippen molar-refractivity contribution in [3.05, 3.63) is 46.4 Å². The molecule has 0 aliphatic carbocycles. The van der Waals surface area contributed by atoms with Gasteiger partial charge in [-0.1, -0.05) is 30.1 Å². The van der Waals surface area contributed by atoms with Gasteiger partial charge in [0, 0.05) is 17.7 Å². The van der Waals surface area contributed by atoms with Crippen LogP contribution in [0, 0.1) is 0 Å². The van der Waals surface area contributed by atoms with Crippen molar-refractivity contribution in [1.29, 1.82) is 0 Å². The van der Waals surface area contributed by atoms with Crippen molar-refractivity contribution in [2.75, 3.05) is 5.32 Å². The first-order valence-electron chi connectivity index (χ1n) is 7.93. The number of nitrogens with one attached hydrogen (secondary N) is 2. The van der Waals surface area contributed by atoms with Crippen molar-refractivity contribution < 1.29 is 9.21 Å². The summed E-state index contributed by atoms with van der Waals surface area (Å²) in [6.45, 7) is 1.93. The molecule has 1 amide bonds. The van der Waals surface area contributed by atoms with E-state index in [1.165, 1.54) is 0 Å². The Labute approximate surface area is 165 Å². The zero-order valence-corrected chi connectivity index (χ0v) is 16.1. The van der Waals surface area contributed by atoms with Crippen LogP contribution >= 0.6 is 35.4 Å². The van der Waals surface area contributed by atoms with Crippen molar-refractivity contribution in [2.24, 2.45) is 0 Å². The highest BCUT2D eigenvalue weighted by molar-refractivity contribution is 7.80. The zero-order valence-electron chi connectivity index (χ0n) is 13.8. The van der Waals surface area contributed by atoms with Gasteiger partial charge in [-0.3, -0.25) is 4.79 Å². The van der Waals surface area contributed by atoms with Crippen LogP contribution < -0.4 is 10.6 Å². The maximum atomic E-state index is 11.6. The summed E-state index contributed by atoms with van der Waals surface area (Å²) in [6.07, 6.45) is 1.19. The minimum Gasteiger partial charge on any atom is -0.436 e. The number of nitrogens with zero attached hydrogens (tertiary/aromatic N) is 1. The highest BCUT2D eigenvalue weighted by Crippen LogP contribution is 2.30. The highest BCUT2D eigenvalue weighted by Gasteiger charge is 2.11. The lowest BCUT2D eigenvalue weighted by Gasteiger charge is -2.08. The molecule has 1 aromatic heterocycles. The topological polar surface area (TPSA) is 67.2 Å². The number of carbonyl (C=O) groups excluding carboxylic acids is 1. The van der Waals surface area contributed by atoms with Gasteiger partial charge in [-0.25, -0.2) is 4.98 Å². The van der Waals surface area contributed by atoms with Gasteiger partial charge in [-0.2, -0.15) is 0 Å². The second-order valence-electron chi connectivity index (χ2n) is 5.58. The molecule has 0 aliphatic rings. The van der Waals surface area contributed by atoms with Crippen LogP contribution in [0.25, 0.3) is 22.6 Å². The van der Waals surface area contributed by atoms with E-state index in [0.717, 1.165) is 12.0 Å². The van der Waals surface area contributed by atoms with Gasteiger partial charge < -0.3 is 15.1 Å². The number of halogens is 2. The normalized spacial score (nSPS) is 10.7. The van der Waals surface area contributed by atoms with Gasteiger partial charge in [0.05, 0.1) is 10.0 Å². The molecule has 1 heterocycles. The van der Waals surface area contributed by atoms with Gasteiger partial charge in [-0.15, -0.1) is 0 Å². The summed E-state index contributed by atoms with van der Waals surface area (Å²) in [6, 6.07) is 10.5. The number of benzene rings is 2. The van der Waals surface area contributed by atoms with Gasteiger partial charge in [0.1, 0.15) is 5.52 Å². The molecular weight excluding hydrogens is 393 g/mol. The second-order valence-corrected chi connectivity index (χ2v) is 6.81. The number of hydrogen-bond donors (Lipinski definition) is 2. The lowest BCUT2D eigenvalue weighted by Crippen LogP contribution is -2.33. The monoisotopic (exact) mass is 407 g/mol. The fourth-order valence-corrected chi connectivity index (χ4v) is 2.87. The molecule has 134 valence electrons. The van der Waals surface area contributed by atoms with E-state index >= 15 is 0 Å². The van der Waals surface area contributed by atoms with Crippen molar-refractivity contribution in [1.82, 2.24) is 10.3 Å². The molecule has 26 heavy (non-hydrogen) atoms. The van der Waals surface area contributed by atoms with Crippen LogP contribution in [0.5, 0.6) is 0 Å². The Morgan fingerprint density at radius 3 is 2.73 bits per heavy atom. The van der Waals surface area contributed by atoms with E-state index in [-0.39, 0.29) is 11.0 Å². The van der Waals surface area contributed by atoms with E-state index in [9.17, 15) is 4.79 Å². The van der Waals surface area contributed by atoms with E-state index in [0.29, 0.717) is 39.1 Å². The first kappa shape index (κ1) is 18.6. The minimum atomic E-state index is -0.116. The van der Waals surface area contributed by atoms with Gasteiger partial charge >= 0.3 is 0 Å². The van der Waals surface area contributed by atoms with E-state index in [4.69, 9.17) is 39.8 Å². The molecule has 2 N–H and O–H groups in total. The van der Waals surface area contributed by atoms with Crippen molar-refractivity contribution in [3.63, 3.8) is 0 Å². The van der Waals surface area contributed by atoms with Crippen molar-refractivity contribution in [2.45, 2.75) is 19.8 Å². The predicted molar refractivity (Wildman–Crippen MR) is 109 cm³/mol. The van der Waals surface area contributed by atoms with Crippen LogP contribution in [0.2, 0.25) is 10.0 Å². The molecular formula is C18H15Cl2N3O2S. The summed E-state index contributed by atoms with van der Waals surface area (Å²) in [5.41, 5.74) is 2.71. The van der Waals surface area contributed by atoms with Gasteiger partial charge in [0.2, 0.25) is 11.8 Å². The quantitative estimate of drug-likeness (QED) is 0.565. The number of hydrogen-bond acceptors (Lipinski definition) is 4. The van der Waals surface area contributed by atoms with E-state index in [2.05, 4.69) is 15.6 Å². The average molecular weight is 408 g/mol. The highest BCUT2D eigenvalue weighted by atomic mass is 35.5. The molecule has 0 unspecified atom stereocenters. The molecule has 0 bridgehead atoms. The zero-order chi connectivity index (χ0) is 18.7. The summed E-state index contributed by atoms with van der Waals surface area (Å²) in [5.74, 6) is 0.323. The number of amides is 1. The molecule has 5 nitrogen and oxygen atoms in total. The fourth-order valence-electron chi connectivity index (χ4n) is 2.34. The van der Waals surface area contributed by atoms with Crippen LogP contribution in [0.4, 0.5) is 5.69 Å².